The lowest BCUT2D eigenvalue weighted by Gasteiger charge is -2.06. The molecule has 2 aromatic heterocycles. The van der Waals surface area contributed by atoms with Gasteiger partial charge in [0.15, 0.2) is 5.78 Å². The standard InChI is InChI=1S/C15H13N3O3/c19-14(9-1-2-9)12-5-11(7-16-8-12)10-3-4-17-13(6-10)18-15(20)21/h3-9H,1-2H2,(H,17,18)(H,20,21). The average Bonchev–Trinajstić information content (AvgIpc) is 3.31. The van der Waals surface area contributed by atoms with Crippen LogP contribution in [-0.2, 0) is 0 Å². The largest absolute Gasteiger partial charge is 0.465 e. The van der Waals surface area contributed by atoms with Crippen LogP contribution in [0.1, 0.15) is 23.2 Å². The normalized spacial score (nSPS) is 13.7. The molecule has 2 aromatic rings. The van der Waals surface area contributed by atoms with E-state index in [4.69, 9.17) is 5.11 Å². The molecule has 0 unspecified atom stereocenters. The molecule has 1 amide bonds. The number of anilines is 1. The lowest BCUT2D eigenvalue weighted by atomic mass is 10.0. The quantitative estimate of drug-likeness (QED) is 0.842. The van der Waals surface area contributed by atoms with Gasteiger partial charge in [-0.3, -0.25) is 15.1 Å². The highest BCUT2D eigenvalue weighted by molar-refractivity contribution is 5.99. The molecule has 6 heteroatoms. The first-order valence-corrected chi connectivity index (χ1v) is 6.59. The second-order valence-corrected chi connectivity index (χ2v) is 4.96. The van der Waals surface area contributed by atoms with Gasteiger partial charge in [0.25, 0.3) is 0 Å². The number of aromatic nitrogens is 2. The maximum absolute atomic E-state index is 12.1. The lowest BCUT2D eigenvalue weighted by molar-refractivity contribution is 0.0967. The van der Waals surface area contributed by atoms with Gasteiger partial charge in [-0.2, -0.15) is 0 Å². The summed E-state index contributed by atoms with van der Waals surface area (Å²) in [7, 11) is 0. The molecule has 6 nitrogen and oxygen atoms in total. The molecule has 2 N–H and O–H groups in total. The number of rotatable bonds is 4. The van der Waals surface area contributed by atoms with Gasteiger partial charge < -0.3 is 5.11 Å². The number of hydrogen-bond acceptors (Lipinski definition) is 4. The number of nitrogens with zero attached hydrogens (tertiary/aromatic N) is 2. The minimum absolute atomic E-state index is 0.127. The first kappa shape index (κ1) is 13.2. The number of hydrogen-bond donors (Lipinski definition) is 2. The lowest BCUT2D eigenvalue weighted by Crippen LogP contribution is -2.08. The molecule has 1 saturated carbocycles. The highest BCUT2D eigenvalue weighted by Gasteiger charge is 2.30. The van der Waals surface area contributed by atoms with Crippen molar-refractivity contribution >= 4 is 17.7 Å². The second kappa shape index (κ2) is 5.32. The Bertz CT molecular complexity index is 711. The highest BCUT2D eigenvalue weighted by atomic mass is 16.4. The fourth-order valence-electron chi connectivity index (χ4n) is 2.10. The molecule has 1 aliphatic carbocycles. The van der Waals surface area contributed by atoms with Crippen LogP contribution in [0.4, 0.5) is 10.6 Å². The van der Waals surface area contributed by atoms with Crippen molar-refractivity contribution in [2.24, 2.45) is 5.92 Å². The zero-order valence-electron chi connectivity index (χ0n) is 11.1. The van der Waals surface area contributed by atoms with Gasteiger partial charge in [0.1, 0.15) is 5.82 Å². The topological polar surface area (TPSA) is 92.2 Å². The molecule has 3 rings (SSSR count). The summed E-state index contributed by atoms with van der Waals surface area (Å²) < 4.78 is 0. The average molecular weight is 283 g/mol. The maximum atomic E-state index is 12.1. The smallest absolute Gasteiger partial charge is 0.410 e. The molecule has 0 atom stereocenters. The SMILES string of the molecule is O=C(O)Nc1cc(-c2cncc(C(=O)C3CC3)c2)ccn1. The Morgan fingerprint density at radius 2 is 2.00 bits per heavy atom. The van der Waals surface area contributed by atoms with E-state index < -0.39 is 6.09 Å². The van der Waals surface area contributed by atoms with E-state index in [2.05, 4.69) is 15.3 Å². The van der Waals surface area contributed by atoms with Crippen molar-refractivity contribution in [3.63, 3.8) is 0 Å². The molecule has 0 aliphatic heterocycles. The van der Waals surface area contributed by atoms with E-state index in [-0.39, 0.29) is 17.5 Å². The minimum Gasteiger partial charge on any atom is -0.465 e. The predicted molar refractivity (Wildman–Crippen MR) is 76.2 cm³/mol. The summed E-state index contributed by atoms with van der Waals surface area (Å²) >= 11 is 0. The number of carboxylic acid groups (broad SMARTS) is 1. The van der Waals surface area contributed by atoms with Gasteiger partial charge in [0.2, 0.25) is 0 Å². The van der Waals surface area contributed by atoms with Crippen molar-refractivity contribution < 1.29 is 14.7 Å². The summed E-state index contributed by atoms with van der Waals surface area (Å²) in [6, 6.07) is 5.14. The molecular formula is C15H13N3O3. The van der Waals surface area contributed by atoms with E-state index in [1.807, 2.05) is 0 Å². The van der Waals surface area contributed by atoms with Crippen LogP contribution in [0.2, 0.25) is 0 Å². The summed E-state index contributed by atoms with van der Waals surface area (Å²) in [5.74, 6) is 0.505. The van der Waals surface area contributed by atoms with Crippen molar-refractivity contribution in [3.05, 3.63) is 42.4 Å². The van der Waals surface area contributed by atoms with E-state index in [9.17, 15) is 9.59 Å². The molecule has 106 valence electrons. The Morgan fingerprint density at radius 3 is 2.71 bits per heavy atom. The van der Waals surface area contributed by atoms with Crippen LogP contribution >= 0.6 is 0 Å². The fourth-order valence-corrected chi connectivity index (χ4v) is 2.10. The van der Waals surface area contributed by atoms with Crippen molar-refractivity contribution in [3.8, 4) is 11.1 Å². The zero-order chi connectivity index (χ0) is 14.8. The highest BCUT2D eigenvalue weighted by Crippen LogP contribution is 2.33. The summed E-state index contributed by atoms with van der Waals surface area (Å²) in [5.41, 5.74) is 2.11. The Labute approximate surface area is 120 Å². The van der Waals surface area contributed by atoms with Crippen molar-refractivity contribution in [2.45, 2.75) is 12.8 Å². The third kappa shape index (κ3) is 3.05. The van der Waals surface area contributed by atoms with Crippen LogP contribution < -0.4 is 5.32 Å². The van der Waals surface area contributed by atoms with Gasteiger partial charge >= 0.3 is 6.09 Å². The fraction of sp³-hybridized carbons (Fsp3) is 0.200. The van der Waals surface area contributed by atoms with Crippen LogP contribution in [0.25, 0.3) is 11.1 Å². The minimum atomic E-state index is -1.17. The van der Waals surface area contributed by atoms with Crippen molar-refractivity contribution in [1.29, 1.82) is 0 Å². The summed E-state index contributed by atoms with van der Waals surface area (Å²) in [6.07, 6.45) is 5.45. The number of amides is 1. The molecule has 0 aromatic carbocycles. The van der Waals surface area contributed by atoms with Gasteiger partial charge in [0, 0.05) is 35.6 Å². The molecule has 0 saturated heterocycles. The second-order valence-electron chi connectivity index (χ2n) is 4.96. The molecule has 2 heterocycles. The Kier molecular flexibility index (Phi) is 3.35. The third-order valence-corrected chi connectivity index (χ3v) is 3.30. The van der Waals surface area contributed by atoms with Crippen LogP contribution in [-0.4, -0.2) is 27.0 Å². The van der Waals surface area contributed by atoms with E-state index in [0.717, 1.165) is 24.0 Å². The van der Waals surface area contributed by atoms with Crippen molar-refractivity contribution in [1.82, 2.24) is 9.97 Å². The molecule has 21 heavy (non-hydrogen) atoms. The number of Topliss-reactive ketones (excluding diaryl/α,β-unsaturated/α-hetero) is 1. The van der Waals surface area contributed by atoms with E-state index in [1.165, 1.54) is 6.20 Å². The van der Waals surface area contributed by atoms with Crippen LogP contribution in [0.3, 0.4) is 0 Å². The molecular weight excluding hydrogens is 270 g/mol. The number of ketones is 1. The van der Waals surface area contributed by atoms with Crippen LogP contribution in [0.5, 0.6) is 0 Å². The number of pyridine rings is 2. The third-order valence-electron chi connectivity index (χ3n) is 3.30. The van der Waals surface area contributed by atoms with Gasteiger partial charge in [-0.15, -0.1) is 0 Å². The Balaban J connectivity index is 1.91. The maximum Gasteiger partial charge on any atom is 0.410 e. The molecule has 1 aliphatic rings. The van der Waals surface area contributed by atoms with E-state index >= 15 is 0 Å². The van der Waals surface area contributed by atoms with Crippen LogP contribution in [0.15, 0.2) is 36.8 Å². The van der Waals surface area contributed by atoms with Gasteiger partial charge in [0.05, 0.1) is 0 Å². The predicted octanol–water partition coefficient (Wildman–Crippen LogP) is 2.83. The summed E-state index contributed by atoms with van der Waals surface area (Å²) in [6.45, 7) is 0. The first-order valence-electron chi connectivity index (χ1n) is 6.59. The van der Waals surface area contributed by atoms with Gasteiger partial charge in [-0.25, -0.2) is 9.78 Å². The summed E-state index contributed by atoms with van der Waals surface area (Å²) in [5, 5.41) is 10.9. The van der Waals surface area contributed by atoms with E-state index in [0.29, 0.717) is 5.56 Å². The molecule has 0 spiro atoms. The van der Waals surface area contributed by atoms with E-state index in [1.54, 1.807) is 30.6 Å². The zero-order valence-corrected chi connectivity index (χ0v) is 11.1. The first-order chi connectivity index (χ1) is 10.1. The van der Waals surface area contributed by atoms with Crippen molar-refractivity contribution in [2.75, 3.05) is 5.32 Å². The van der Waals surface area contributed by atoms with Gasteiger partial charge in [-0.1, -0.05) is 0 Å². The van der Waals surface area contributed by atoms with Gasteiger partial charge in [-0.05, 0) is 36.6 Å². The molecule has 0 bridgehead atoms. The monoisotopic (exact) mass is 283 g/mol. The number of nitrogens with one attached hydrogen (secondary N) is 1. The Morgan fingerprint density at radius 1 is 1.19 bits per heavy atom. The number of carbonyl (C=O) groups excluding carboxylic acids is 1. The van der Waals surface area contributed by atoms with Crippen LogP contribution in [0, 0.1) is 5.92 Å². The number of carbonyl (C=O) groups is 2. The Hall–Kier alpha value is -2.76. The molecule has 0 radical (unpaired) electrons. The summed E-state index contributed by atoms with van der Waals surface area (Å²) in [4.78, 5) is 30.7. The molecule has 1 fully saturated rings.